The summed E-state index contributed by atoms with van der Waals surface area (Å²) in [5.41, 5.74) is 0.732. The molecule has 0 saturated heterocycles. The van der Waals surface area contributed by atoms with E-state index in [4.69, 9.17) is 0 Å². The number of hydrogen-bond donors (Lipinski definition) is 1. The molecule has 4 heteroatoms. The molecule has 0 atom stereocenters. The average molecular weight is 281 g/mol. The highest BCUT2D eigenvalue weighted by Gasteiger charge is 2.23. The van der Waals surface area contributed by atoms with Crippen LogP contribution in [0.5, 0.6) is 0 Å². The molecule has 3 nitrogen and oxygen atoms in total. The highest BCUT2D eigenvalue weighted by Crippen LogP contribution is 2.23. The second-order valence-electron chi connectivity index (χ2n) is 4.39. The van der Waals surface area contributed by atoms with Crippen LogP contribution in [0.25, 0.3) is 0 Å². The van der Waals surface area contributed by atoms with Gasteiger partial charge in [-0.05, 0) is 31.2 Å². The quantitative estimate of drug-likeness (QED) is 0.781. The molecule has 0 fully saturated rings. The number of carbonyl (C=O) groups is 1. The Morgan fingerprint density at radius 3 is 2.47 bits per heavy atom. The van der Waals surface area contributed by atoms with E-state index in [1.54, 1.807) is 16.7 Å². The Morgan fingerprint density at radius 1 is 1.32 bits per heavy atom. The second-order valence-corrected chi connectivity index (χ2v) is 5.24. The average Bonchev–Trinajstić information content (AvgIpc) is 2.46. The summed E-state index contributed by atoms with van der Waals surface area (Å²) in [4.78, 5) is 15.5. The molecule has 1 aromatic rings. The standard InChI is InChI=1S/C15H23NO2S/c1-4-12(5-2)16(10-11-17)15(18)13-8-6-7-9-14(13)19-3/h6-9,12,17H,4-5,10-11H2,1-3H3. The molecular weight excluding hydrogens is 258 g/mol. The van der Waals surface area contributed by atoms with Crippen LogP contribution in [0.2, 0.25) is 0 Å². The van der Waals surface area contributed by atoms with Gasteiger partial charge in [0.25, 0.3) is 5.91 Å². The summed E-state index contributed by atoms with van der Waals surface area (Å²) in [6, 6.07) is 7.84. The summed E-state index contributed by atoms with van der Waals surface area (Å²) in [6.07, 6.45) is 3.78. The molecular formula is C15H23NO2S. The molecule has 0 heterocycles. The van der Waals surface area contributed by atoms with E-state index >= 15 is 0 Å². The molecule has 0 aliphatic rings. The smallest absolute Gasteiger partial charge is 0.255 e. The number of benzene rings is 1. The van der Waals surface area contributed by atoms with E-state index in [9.17, 15) is 9.90 Å². The first kappa shape index (κ1) is 16.1. The lowest BCUT2D eigenvalue weighted by Gasteiger charge is -2.30. The maximum absolute atomic E-state index is 12.7. The van der Waals surface area contributed by atoms with Gasteiger partial charge in [0.1, 0.15) is 0 Å². The maximum atomic E-state index is 12.7. The molecule has 1 aromatic carbocycles. The van der Waals surface area contributed by atoms with Crippen LogP contribution in [-0.4, -0.2) is 41.4 Å². The summed E-state index contributed by atoms with van der Waals surface area (Å²) in [5.74, 6) is 0.0210. The molecule has 1 amide bonds. The predicted octanol–water partition coefficient (Wildman–Crippen LogP) is 3.03. The van der Waals surface area contributed by atoms with Crippen molar-refractivity contribution < 1.29 is 9.90 Å². The van der Waals surface area contributed by atoms with Crippen molar-refractivity contribution >= 4 is 17.7 Å². The Kier molecular flexibility index (Phi) is 6.95. The zero-order valence-corrected chi connectivity index (χ0v) is 12.7. The molecule has 19 heavy (non-hydrogen) atoms. The Hall–Kier alpha value is -1.00. The predicted molar refractivity (Wildman–Crippen MR) is 80.7 cm³/mol. The molecule has 1 rings (SSSR count). The van der Waals surface area contributed by atoms with Crippen LogP contribution in [0.15, 0.2) is 29.2 Å². The van der Waals surface area contributed by atoms with E-state index in [2.05, 4.69) is 13.8 Å². The molecule has 0 aromatic heterocycles. The van der Waals surface area contributed by atoms with Gasteiger partial charge in [-0.25, -0.2) is 0 Å². The van der Waals surface area contributed by atoms with Crippen molar-refractivity contribution in [2.45, 2.75) is 37.6 Å². The third-order valence-electron chi connectivity index (χ3n) is 3.32. The van der Waals surface area contributed by atoms with Crippen LogP contribution in [-0.2, 0) is 0 Å². The molecule has 0 aliphatic carbocycles. The van der Waals surface area contributed by atoms with Gasteiger partial charge in [-0.3, -0.25) is 4.79 Å². The van der Waals surface area contributed by atoms with Crippen molar-refractivity contribution in [3.8, 4) is 0 Å². The van der Waals surface area contributed by atoms with Crippen LogP contribution in [0, 0.1) is 0 Å². The second kappa shape index (κ2) is 8.23. The molecule has 0 radical (unpaired) electrons. The van der Waals surface area contributed by atoms with Gasteiger partial charge < -0.3 is 10.0 Å². The molecule has 0 unspecified atom stereocenters. The van der Waals surface area contributed by atoms with Crippen molar-refractivity contribution in [2.75, 3.05) is 19.4 Å². The lowest BCUT2D eigenvalue weighted by molar-refractivity contribution is 0.0619. The summed E-state index contributed by atoms with van der Waals surface area (Å²) < 4.78 is 0. The Bertz CT molecular complexity index is 405. The van der Waals surface area contributed by atoms with E-state index in [-0.39, 0.29) is 18.6 Å². The molecule has 0 bridgehead atoms. The van der Waals surface area contributed by atoms with Gasteiger partial charge in [-0.1, -0.05) is 26.0 Å². The SMILES string of the molecule is CCC(CC)N(CCO)C(=O)c1ccccc1SC. The number of aliphatic hydroxyl groups excluding tert-OH is 1. The maximum Gasteiger partial charge on any atom is 0.255 e. The third-order valence-corrected chi connectivity index (χ3v) is 4.12. The van der Waals surface area contributed by atoms with Gasteiger partial charge in [0, 0.05) is 17.5 Å². The number of carbonyl (C=O) groups excluding carboxylic acids is 1. The fourth-order valence-electron chi connectivity index (χ4n) is 2.26. The number of aliphatic hydroxyl groups is 1. The fourth-order valence-corrected chi connectivity index (χ4v) is 2.85. The summed E-state index contributed by atoms with van der Waals surface area (Å²) in [5, 5.41) is 9.20. The first-order valence-electron chi connectivity index (χ1n) is 6.74. The molecule has 0 aliphatic heterocycles. The van der Waals surface area contributed by atoms with E-state index in [1.807, 2.05) is 30.5 Å². The van der Waals surface area contributed by atoms with Gasteiger partial charge >= 0.3 is 0 Å². The van der Waals surface area contributed by atoms with Gasteiger partial charge in [0.05, 0.1) is 12.2 Å². The van der Waals surface area contributed by atoms with Crippen LogP contribution < -0.4 is 0 Å². The van der Waals surface area contributed by atoms with Crippen LogP contribution >= 0.6 is 11.8 Å². The minimum absolute atomic E-state index is 0.00365. The lowest BCUT2D eigenvalue weighted by Crippen LogP contribution is -2.41. The van der Waals surface area contributed by atoms with E-state index in [1.165, 1.54) is 0 Å². The Balaban J connectivity index is 3.04. The Labute approximate surface area is 120 Å². The largest absolute Gasteiger partial charge is 0.395 e. The molecule has 106 valence electrons. The molecule has 1 N–H and O–H groups in total. The van der Waals surface area contributed by atoms with Gasteiger partial charge in [0.15, 0.2) is 0 Å². The number of amides is 1. The molecule has 0 spiro atoms. The minimum Gasteiger partial charge on any atom is -0.395 e. The zero-order chi connectivity index (χ0) is 14.3. The fraction of sp³-hybridized carbons (Fsp3) is 0.533. The summed E-state index contributed by atoms with van der Waals surface area (Å²) in [6.45, 7) is 4.55. The van der Waals surface area contributed by atoms with Gasteiger partial charge in [0.2, 0.25) is 0 Å². The molecule has 0 saturated carbocycles. The lowest BCUT2D eigenvalue weighted by atomic mass is 10.1. The van der Waals surface area contributed by atoms with Crippen molar-refractivity contribution in [2.24, 2.45) is 0 Å². The first-order chi connectivity index (χ1) is 9.19. The normalized spacial score (nSPS) is 10.8. The number of nitrogens with zero attached hydrogens (tertiary/aromatic N) is 1. The van der Waals surface area contributed by atoms with Crippen molar-refractivity contribution in [3.05, 3.63) is 29.8 Å². The summed E-state index contributed by atoms with van der Waals surface area (Å²) in [7, 11) is 0. The zero-order valence-electron chi connectivity index (χ0n) is 11.9. The van der Waals surface area contributed by atoms with E-state index in [0.29, 0.717) is 6.54 Å². The van der Waals surface area contributed by atoms with Gasteiger partial charge in [-0.15, -0.1) is 11.8 Å². The monoisotopic (exact) mass is 281 g/mol. The van der Waals surface area contributed by atoms with Gasteiger partial charge in [-0.2, -0.15) is 0 Å². The van der Waals surface area contributed by atoms with Crippen molar-refractivity contribution in [1.29, 1.82) is 0 Å². The number of thioether (sulfide) groups is 1. The Morgan fingerprint density at radius 2 is 1.95 bits per heavy atom. The number of rotatable bonds is 7. The van der Waals surface area contributed by atoms with Crippen LogP contribution in [0.4, 0.5) is 0 Å². The van der Waals surface area contributed by atoms with E-state index < -0.39 is 0 Å². The minimum atomic E-state index is 0.00365. The highest BCUT2D eigenvalue weighted by atomic mass is 32.2. The topological polar surface area (TPSA) is 40.5 Å². The third kappa shape index (κ3) is 3.98. The van der Waals surface area contributed by atoms with Crippen molar-refractivity contribution in [3.63, 3.8) is 0 Å². The van der Waals surface area contributed by atoms with E-state index in [0.717, 1.165) is 23.3 Å². The first-order valence-corrected chi connectivity index (χ1v) is 7.96. The van der Waals surface area contributed by atoms with Crippen LogP contribution in [0.3, 0.4) is 0 Å². The number of hydrogen-bond acceptors (Lipinski definition) is 3. The highest BCUT2D eigenvalue weighted by molar-refractivity contribution is 7.98. The summed E-state index contributed by atoms with van der Waals surface area (Å²) >= 11 is 1.58. The van der Waals surface area contributed by atoms with Crippen molar-refractivity contribution in [1.82, 2.24) is 4.90 Å². The van der Waals surface area contributed by atoms with Crippen LogP contribution in [0.1, 0.15) is 37.0 Å².